The maximum Gasteiger partial charge on any atom is 0.343 e. The molecule has 2 heterocycles. The average molecular weight is 360 g/mol. The van der Waals surface area contributed by atoms with Crippen LogP contribution in [0.25, 0.3) is 0 Å². The second kappa shape index (κ2) is 6.64. The van der Waals surface area contributed by atoms with Gasteiger partial charge in [-0.05, 0) is 12.5 Å². The van der Waals surface area contributed by atoms with Crippen molar-refractivity contribution in [3.05, 3.63) is 74.3 Å². The summed E-state index contributed by atoms with van der Waals surface area (Å²) in [5.74, 6) is -1.37. The molecule has 0 saturated carbocycles. The molecule has 9 heteroatoms. The lowest BCUT2D eigenvalue weighted by Crippen LogP contribution is -2.99. The van der Waals surface area contributed by atoms with Crippen molar-refractivity contribution in [2.24, 2.45) is 5.73 Å². The first-order chi connectivity index (χ1) is 12.3. The number of ether oxygens (including phenoxy) is 2. The molecule has 0 spiro atoms. The highest BCUT2D eigenvalue weighted by molar-refractivity contribution is 5.92. The molecule has 2 aromatic rings. The van der Waals surface area contributed by atoms with Crippen LogP contribution in [0.1, 0.15) is 22.8 Å². The lowest BCUT2D eigenvalue weighted by molar-refractivity contribution is -0.991. The summed E-state index contributed by atoms with van der Waals surface area (Å²) in [5.41, 5.74) is 5.80. The SMILES string of the molecule is COC(=O)C1=C(N)Oc2cc(C)oc(=O)c2[C@@H]1c1ccc([NH+]([O-])O)cc1. The first kappa shape index (κ1) is 17.7. The summed E-state index contributed by atoms with van der Waals surface area (Å²) in [6.45, 7) is 1.58. The van der Waals surface area contributed by atoms with Crippen molar-refractivity contribution in [1.82, 2.24) is 0 Å². The number of aryl methyl sites for hydroxylation is 1. The van der Waals surface area contributed by atoms with Crippen LogP contribution in [0.4, 0.5) is 5.69 Å². The fraction of sp³-hybridized carbons (Fsp3) is 0.176. The lowest BCUT2D eigenvalue weighted by Gasteiger charge is -2.27. The Kier molecular flexibility index (Phi) is 4.51. The summed E-state index contributed by atoms with van der Waals surface area (Å²) < 4.78 is 15.4. The Balaban J connectivity index is 2.24. The number of benzene rings is 1. The molecular weight excluding hydrogens is 344 g/mol. The maximum absolute atomic E-state index is 12.5. The third kappa shape index (κ3) is 2.94. The molecule has 2 atom stereocenters. The summed E-state index contributed by atoms with van der Waals surface area (Å²) in [4.78, 5) is 24.7. The second-order valence-corrected chi connectivity index (χ2v) is 5.65. The smallest absolute Gasteiger partial charge is 0.343 e. The van der Waals surface area contributed by atoms with Gasteiger partial charge in [0.15, 0.2) is 5.69 Å². The number of quaternary nitrogens is 1. The highest BCUT2D eigenvalue weighted by atomic mass is 16.8. The van der Waals surface area contributed by atoms with Crippen molar-refractivity contribution in [2.75, 3.05) is 7.11 Å². The topological polar surface area (TPSA) is 139 Å². The van der Waals surface area contributed by atoms with Crippen molar-refractivity contribution in [2.45, 2.75) is 12.8 Å². The Bertz CT molecular complexity index is 945. The molecular formula is C17H16N2O7. The number of carbonyl (C=O) groups excluding carboxylic acids is 1. The number of nitrogens with one attached hydrogen (secondary N) is 1. The minimum atomic E-state index is -1.10. The average Bonchev–Trinajstić information content (AvgIpc) is 2.59. The molecule has 0 aliphatic carbocycles. The van der Waals surface area contributed by atoms with Crippen molar-refractivity contribution >= 4 is 11.7 Å². The van der Waals surface area contributed by atoms with E-state index in [0.717, 1.165) is 0 Å². The Morgan fingerprint density at radius 3 is 2.58 bits per heavy atom. The molecule has 4 N–H and O–H groups in total. The van der Waals surface area contributed by atoms with Crippen molar-refractivity contribution in [3.63, 3.8) is 0 Å². The Morgan fingerprint density at radius 2 is 2.00 bits per heavy atom. The van der Waals surface area contributed by atoms with Crippen LogP contribution in [0, 0.1) is 12.1 Å². The molecule has 0 amide bonds. The van der Waals surface area contributed by atoms with Gasteiger partial charge in [0.25, 0.3) is 0 Å². The molecule has 0 saturated heterocycles. The van der Waals surface area contributed by atoms with Crippen molar-refractivity contribution < 1.29 is 29.1 Å². The van der Waals surface area contributed by atoms with Crippen LogP contribution in [0.15, 0.2) is 51.0 Å². The van der Waals surface area contributed by atoms with Gasteiger partial charge in [0.05, 0.1) is 18.6 Å². The van der Waals surface area contributed by atoms with Crippen LogP contribution in [-0.4, -0.2) is 18.3 Å². The van der Waals surface area contributed by atoms with E-state index in [1.165, 1.54) is 37.4 Å². The minimum absolute atomic E-state index is 0.0563. The van der Waals surface area contributed by atoms with E-state index in [9.17, 15) is 14.8 Å². The van der Waals surface area contributed by atoms with Crippen LogP contribution >= 0.6 is 0 Å². The number of rotatable bonds is 3. The first-order valence-electron chi connectivity index (χ1n) is 7.57. The molecule has 1 aliphatic heterocycles. The zero-order chi connectivity index (χ0) is 19.0. The normalized spacial score (nSPS) is 17.3. The van der Waals surface area contributed by atoms with Gasteiger partial charge >= 0.3 is 11.6 Å². The second-order valence-electron chi connectivity index (χ2n) is 5.65. The minimum Gasteiger partial charge on any atom is -0.595 e. The summed E-state index contributed by atoms with van der Waals surface area (Å²) in [6.07, 6.45) is 0. The monoisotopic (exact) mass is 360 g/mol. The Morgan fingerprint density at radius 1 is 1.35 bits per heavy atom. The quantitative estimate of drug-likeness (QED) is 0.522. The molecule has 1 aromatic heterocycles. The van der Waals surface area contributed by atoms with Gasteiger partial charge in [-0.15, -0.1) is 0 Å². The molecule has 136 valence electrons. The van der Waals surface area contributed by atoms with Crippen LogP contribution in [-0.2, 0) is 9.53 Å². The van der Waals surface area contributed by atoms with Crippen LogP contribution in [0.2, 0.25) is 0 Å². The van der Waals surface area contributed by atoms with E-state index in [0.29, 0.717) is 11.3 Å². The highest BCUT2D eigenvalue weighted by Crippen LogP contribution is 2.41. The number of carbonyl (C=O) groups is 1. The van der Waals surface area contributed by atoms with Gasteiger partial charge in [0, 0.05) is 18.2 Å². The number of hydrogen-bond donors (Lipinski definition) is 3. The summed E-state index contributed by atoms with van der Waals surface area (Å²) in [6, 6.07) is 7.23. The number of methoxy groups -OCH3 is 1. The summed E-state index contributed by atoms with van der Waals surface area (Å²) in [7, 11) is 1.18. The molecule has 3 rings (SSSR count). The third-order valence-corrected chi connectivity index (χ3v) is 4.03. The molecule has 0 bridgehead atoms. The standard InChI is InChI=1S/C17H16N2O7/c1-8-7-11-13(17(21)25-8)12(14(15(18)26-11)16(20)24-2)9-3-5-10(6-4-9)19(22)23/h3-7,12,19,22H,18H2,1-2H3/t12-/m0/s1. The molecule has 1 aromatic carbocycles. The molecule has 0 radical (unpaired) electrons. The predicted octanol–water partition coefficient (Wildman–Crippen LogP) is 0.219. The van der Waals surface area contributed by atoms with Crippen molar-refractivity contribution in [1.29, 1.82) is 0 Å². The van der Waals surface area contributed by atoms with E-state index in [-0.39, 0.29) is 28.5 Å². The van der Waals surface area contributed by atoms with Gasteiger partial charge in [-0.25, -0.2) is 14.8 Å². The molecule has 1 aliphatic rings. The van der Waals surface area contributed by atoms with E-state index in [4.69, 9.17) is 24.8 Å². The number of esters is 1. The Hall–Kier alpha value is -3.14. The highest BCUT2D eigenvalue weighted by Gasteiger charge is 2.38. The lowest BCUT2D eigenvalue weighted by atomic mass is 9.83. The van der Waals surface area contributed by atoms with E-state index < -0.39 is 22.7 Å². The molecule has 0 fully saturated rings. The number of hydrogen-bond acceptors (Lipinski definition) is 8. The fourth-order valence-corrected chi connectivity index (χ4v) is 2.88. The third-order valence-electron chi connectivity index (χ3n) is 4.03. The molecule has 1 unspecified atom stereocenters. The Labute approximate surface area is 147 Å². The largest absolute Gasteiger partial charge is 0.595 e. The van der Waals surface area contributed by atoms with E-state index >= 15 is 0 Å². The fourth-order valence-electron chi connectivity index (χ4n) is 2.88. The van der Waals surface area contributed by atoms with Gasteiger partial charge in [0.1, 0.15) is 17.1 Å². The van der Waals surface area contributed by atoms with Crippen LogP contribution in [0.5, 0.6) is 5.75 Å². The first-order valence-corrected chi connectivity index (χ1v) is 7.57. The maximum atomic E-state index is 12.5. The van der Waals surface area contributed by atoms with E-state index in [1.54, 1.807) is 6.92 Å². The summed E-state index contributed by atoms with van der Waals surface area (Å²) >= 11 is 0. The van der Waals surface area contributed by atoms with Crippen molar-refractivity contribution in [3.8, 4) is 5.75 Å². The van der Waals surface area contributed by atoms with Gasteiger partial charge in [0.2, 0.25) is 5.88 Å². The predicted molar refractivity (Wildman–Crippen MR) is 87.6 cm³/mol. The van der Waals surface area contributed by atoms with Gasteiger partial charge < -0.3 is 24.8 Å². The van der Waals surface area contributed by atoms with Gasteiger partial charge in [-0.3, -0.25) is 0 Å². The van der Waals surface area contributed by atoms with E-state index in [1.807, 2.05) is 0 Å². The van der Waals surface area contributed by atoms with Gasteiger partial charge in [-0.2, -0.15) is 5.23 Å². The zero-order valence-corrected chi connectivity index (χ0v) is 13.9. The molecule has 9 nitrogen and oxygen atoms in total. The van der Waals surface area contributed by atoms with E-state index in [2.05, 4.69) is 0 Å². The number of fused-ring (bicyclic) bond motifs is 1. The zero-order valence-electron chi connectivity index (χ0n) is 13.9. The number of nitrogens with two attached hydrogens (primary N) is 1. The van der Waals surface area contributed by atoms with Crippen LogP contribution < -0.4 is 21.3 Å². The summed E-state index contributed by atoms with van der Waals surface area (Å²) in [5, 5.41) is 19.0. The van der Waals surface area contributed by atoms with Gasteiger partial charge in [-0.1, -0.05) is 12.1 Å². The molecule has 26 heavy (non-hydrogen) atoms. The van der Waals surface area contributed by atoms with Crippen LogP contribution in [0.3, 0.4) is 0 Å².